The number of aryl methyl sites for hydroxylation is 1. The van der Waals surface area contributed by atoms with Crippen LogP contribution in [0.1, 0.15) is 22.8 Å². The summed E-state index contributed by atoms with van der Waals surface area (Å²) in [6.07, 6.45) is 8.01. The first-order valence-electron chi connectivity index (χ1n) is 9.11. The first-order chi connectivity index (χ1) is 12.8. The predicted octanol–water partition coefficient (Wildman–Crippen LogP) is 2.53. The molecule has 1 fully saturated rings. The third kappa shape index (κ3) is 3.20. The molecule has 134 valence electrons. The van der Waals surface area contributed by atoms with E-state index >= 15 is 0 Å². The van der Waals surface area contributed by atoms with Gasteiger partial charge in [-0.1, -0.05) is 25.1 Å². The molecule has 26 heavy (non-hydrogen) atoms. The number of hydrogen-bond donors (Lipinski definition) is 1. The maximum Gasteiger partial charge on any atom is 0.178 e. The van der Waals surface area contributed by atoms with Gasteiger partial charge in [0.15, 0.2) is 5.78 Å². The number of rotatable bonds is 5. The van der Waals surface area contributed by atoms with Crippen molar-refractivity contribution in [2.24, 2.45) is 0 Å². The van der Waals surface area contributed by atoms with Gasteiger partial charge in [-0.3, -0.25) is 14.7 Å². The Hall–Kier alpha value is -2.73. The zero-order valence-corrected chi connectivity index (χ0v) is 15.0. The lowest BCUT2D eigenvalue weighted by Gasteiger charge is -2.34. The summed E-state index contributed by atoms with van der Waals surface area (Å²) in [4.78, 5) is 29.1. The van der Waals surface area contributed by atoms with E-state index in [-0.39, 0.29) is 5.78 Å². The van der Waals surface area contributed by atoms with Crippen LogP contribution in [-0.4, -0.2) is 58.4 Å². The fraction of sp³-hybridized carbons (Fsp3) is 0.350. The molecule has 1 aliphatic rings. The quantitative estimate of drug-likeness (QED) is 0.717. The molecule has 6 nitrogen and oxygen atoms in total. The third-order valence-electron chi connectivity index (χ3n) is 5.10. The van der Waals surface area contributed by atoms with E-state index in [1.807, 2.05) is 18.3 Å². The maximum atomic E-state index is 12.8. The maximum absolute atomic E-state index is 12.8. The zero-order valence-electron chi connectivity index (χ0n) is 15.0. The topological polar surface area (TPSA) is 65.1 Å². The fourth-order valence-electron chi connectivity index (χ4n) is 3.62. The number of carbonyl (C=O) groups excluding carboxylic acids is 1. The number of H-pyrrole nitrogens is 1. The standard InChI is InChI=1S/C20H23N5O/c1-2-15-4-3-5-16-17(12-23-20(15)16)18(26)14-24-8-10-25(11-9-24)19-13-21-6-7-22-19/h3-7,12-13,23H,2,8-11,14H2,1H3. The van der Waals surface area contributed by atoms with Gasteiger partial charge in [-0.25, -0.2) is 4.98 Å². The van der Waals surface area contributed by atoms with Gasteiger partial charge in [-0.05, 0) is 12.0 Å². The molecule has 4 rings (SSSR count). The Balaban J connectivity index is 1.42. The molecule has 3 heterocycles. The summed E-state index contributed by atoms with van der Waals surface area (Å²) in [6.45, 7) is 6.01. The number of benzene rings is 1. The molecule has 0 amide bonds. The van der Waals surface area contributed by atoms with E-state index in [9.17, 15) is 4.79 Å². The molecule has 0 radical (unpaired) electrons. The average molecular weight is 349 g/mol. The Morgan fingerprint density at radius 1 is 1.19 bits per heavy atom. The highest BCUT2D eigenvalue weighted by molar-refractivity contribution is 6.09. The van der Waals surface area contributed by atoms with E-state index in [1.54, 1.807) is 18.6 Å². The Labute approximate surface area is 152 Å². The highest BCUT2D eigenvalue weighted by Crippen LogP contribution is 2.23. The number of aromatic amines is 1. The SMILES string of the molecule is CCc1cccc2c(C(=O)CN3CCN(c4cnccn4)CC3)c[nH]c12. The van der Waals surface area contributed by atoms with Gasteiger partial charge in [0.1, 0.15) is 5.82 Å². The highest BCUT2D eigenvalue weighted by Gasteiger charge is 2.22. The molecule has 0 spiro atoms. The van der Waals surface area contributed by atoms with Gasteiger partial charge < -0.3 is 9.88 Å². The largest absolute Gasteiger partial charge is 0.360 e. The Kier molecular flexibility index (Phi) is 4.67. The van der Waals surface area contributed by atoms with Crippen LogP contribution in [0.25, 0.3) is 10.9 Å². The fourth-order valence-corrected chi connectivity index (χ4v) is 3.62. The zero-order chi connectivity index (χ0) is 17.9. The summed E-state index contributed by atoms with van der Waals surface area (Å²) in [5.41, 5.74) is 3.14. The third-order valence-corrected chi connectivity index (χ3v) is 5.10. The summed E-state index contributed by atoms with van der Waals surface area (Å²) in [6, 6.07) is 6.18. The second-order valence-corrected chi connectivity index (χ2v) is 6.65. The molecule has 6 heteroatoms. The molecular weight excluding hydrogens is 326 g/mol. The molecule has 1 aromatic carbocycles. The number of Topliss-reactive ketones (excluding diaryl/α,β-unsaturated/α-hetero) is 1. The number of para-hydroxylation sites is 1. The van der Waals surface area contributed by atoms with Crippen molar-refractivity contribution in [1.29, 1.82) is 0 Å². The van der Waals surface area contributed by atoms with Gasteiger partial charge in [0.2, 0.25) is 0 Å². The van der Waals surface area contributed by atoms with E-state index < -0.39 is 0 Å². The average Bonchev–Trinajstić information content (AvgIpc) is 3.13. The second kappa shape index (κ2) is 7.25. The first-order valence-corrected chi connectivity index (χ1v) is 9.11. The molecule has 0 bridgehead atoms. The number of anilines is 1. The van der Waals surface area contributed by atoms with E-state index in [1.165, 1.54) is 5.56 Å². The van der Waals surface area contributed by atoms with Crippen LogP contribution in [0.5, 0.6) is 0 Å². The molecule has 1 saturated heterocycles. The van der Waals surface area contributed by atoms with Crippen molar-refractivity contribution in [2.75, 3.05) is 37.6 Å². The molecule has 1 aliphatic heterocycles. The van der Waals surface area contributed by atoms with Crippen LogP contribution in [0.15, 0.2) is 43.0 Å². The van der Waals surface area contributed by atoms with Crippen LogP contribution in [0.4, 0.5) is 5.82 Å². The van der Waals surface area contributed by atoms with Gasteiger partial charge >= 0.3 is 0 Å². The van der Waals surface area contributed by atoms with Crippen molar-refractivity contribution in [3.8, 4) is 0 Å². The molecule has 0 unspecified atom stereocenters. The van der Waals surface area contributed by atoms with Crippen molar-refractivity contribution in [3.63, 3.8) is 0 Å². The van der Waals surface area contributed by atoms with Crippen molar-refractivity contribution in [2.45, 2.75) is 13.3 Å². The van der Waals surface area contributed by atoms with Gasteiger partial charge in [0.05, 0.1) is 12.7 Å². The second-order valence-electron chi connectivity index (χ2n) is 6.65. The lowest BCUT2D eigenvalue weighted by molar-refractivity contribution is 0.0928. The van der Waals surface area contributed by atoms with Crippen LogP contribution in [0.3, 0.4) is 0 Å². The summed E-state index contributed by atoms with van der Waals surface area (Å²) < 4.78 is 0. The number of aromatic nitrogens is 3. The van der Waals surface area contributed by atoms with Crippen molar-refractivity contribution in [3.05, 3.63) is 54.1 Å². The Morgan fingerprint density at radius 3 is 2.77 bits per heavy atom. The van der Waals surface area contributed by atoms with E-state index in [2.05, 4.69) is 37.7 Å². The number of piperazine rings is 1. The van der Waals surface area contributed by atoms with E-state index in [0.29, 0.717) is 6.54 Å². The van der Waals surface area contributed by atoms with Gasteiger partial charge in [0, 0.05) is 61.2 Å². The number of carbonyl (C=O) groups is 1. The van der Waals surface area contributed by atoms with E-state index in [4.69, 9.17) is 0 Å². The molecule has 3 aromatic rings. The predicted molar refractivity (Wildman–Crippen MR) is 103 cm³/mol. The molecule has 0 saturated carbocycles. The van der Waals surface area contributed by atoms with Crippen molar-refractivity contribution < 1.29 is 4.79 Å². The normalized spacial score (nSPS) is 15.5. The first kappa shape index (κ1) is 16.7. The number of nitrogens with zero attached hydrogens (tertiary/aromatic N) is 4. The van der Waals surface area contributed by atoms with Gasteiger partial charge in [-0.2, -0.15) is 0 Å². The van der Waals surface area contributed by atoms with E-state index in [0.717, 1.165) is 54.9 Å². The highest BCUT2D eigenvalue weighted by atomic mass is 16.1. The molecular formula is C20H23N5O. The summed E-state index contributed by atoms with van der Waals surface area (Å²) in [5.74, 6) is 1.08. The molecule has 0 atom stereocenters. The number of hydrogen-bond acceptors (Lipinski definition) is 5. The number of ketones is 1. The van der Waals surface area contributed by atoms with Gasteiger partial charge in [0.25, 0.3) is 0 Å². The summed E-state index contributed by atoms with van der Waals surface area (Å²) >= 11 is 0. The number of fused-ring (bicyclic) bond motifs is 1. The molecule has 0 aliphatic carbocycles. The van der Waals surface area contributed by atoms with Crippen LogP contribution in [-0.2, 0) is 6.42 Å². The smallest absolute Gasteiger partial charge is 0.178 e. The monoisotopic (exact) mass is 349 g/mol. The minimum absolute atomic E-state index is 0.178. The van der Waals surface area contributed by atoms with Crippen molar-refractivity contribution in [1.82, 2.24) is 19.9 Å². The van der Waals surface area contributed by atoms with Crippen LogP contribution >= 0.6 is 0 Å². The Bertz CT molecular complexity index is 897. The van der Waals surface area contributed by atoms with Gasteiger partial charge in [-0.15, -0.1) is 0 Å². The number of nitrogens with one attached hydrogen (secondary N) is 1. The van der Waals surface area contributed by atoms with Crippen LogP contribution in [0.2, 0.25) is 0 Å². The minimum atomic E-state index is 0.178. The summed E-state index contributed by atoms with van der Waals surface area (Å²) in [7, 11) is 0. The minimum Gasteiger partial charge on any atom is -0.360 e. The van der Waals surface area contributed by atoms with Crippen LogP contribution < -0.4 is 4.90 Å². The summed E-state index contributed by atoms with van der Waals surface area (Å²) in [5, 5.41) is 1.03. The lowest BCUT2D eigenvalue weighted by Crippen LogP contribution is -2.48. The van der Waals surface area contributed by atoms with Crippen LogP contribution in [0, 0.1) is 0 Å². The Morgan fingerprint density at radius 2 is 2.04 bits per heavy atom. The lowest BCUT2D eigenvalue weighted by atomic mass is 10.0. The molecule has 1 N–H and O–H groups in total. The van der Waals surface area contributed by atoms with Crippen molar-refractivity contribution >= 4 is 22.5 Å². The molecule has 2 aromatic heterocycles.